The molecule has 2 aliphatic heterocycles. The second-order valence-corrected chi connectivity index (χ2v) is 11.3. The lowest BCUT2D eigenvalue weighted by Gasteiger charge is -2.13. The molecule has 0 unspecified atom stereocenters. The Morgan fingerprint density at radius 2 is 1.04 bits per heavy atom. The molecular weight excluding hydrogens is 586 g/mol. The van der Waals surface area contributed by atoms with Crippen LogP contribution in [0.5, 0.6) is 0 Å². The first kappa shape index (κ1) is 33.8. The third-order valence-corrected chi connectivity index (χ3v) is 7.87. The van der Waals surface area contributed by atoms with Crippen molar-refractivity contribution in [1.82, 2.24) is 9.80 Å². The van der Waals surface area contributed by atoms with Crippen LogP contribution >= 0.6 is 0 Å². The number of fused-ring (bicyclic) bond motifs is 2. The van der Waals surface area contributed by atoms with Gasteiger partial charge >= 0.3 is 5.97 Å². The van der Waals surface area contributed by atoms with E-state index in [9.17, 15) is 28.8 Å². The zero-order valence-corrected chi connectivity index (χ0v) is 26.0. The third-order valence-electron chi connectivity index (χ3n) is 7.87. The van der Waals surface area contributed by atoms with Crippen LogP contribution in [-0.4, -0.2) is 63.5 Å². The Labute approximate surface area is 268 Å². The Kier molecular flexibility index (Phi) is 11.9. The highest BCUT2D eigenvalue weighted by atomic mass is 16.4. The summed E-state index contributed by atoms with van der Waals surface area (Å²) >= 11 is 0. The zero-order chi connectivity index (χ0) is 33.1. The number of carbonyl (C=O) groups excluding carboxylic acids is 5. The number of hydrogen-bond acceptors (Lipinski definition) is 6. The van der Waals surface area contributed by atoms with Crippen LogP contribution in [0.15, 0.2) is 72.8 Å². The number of carboxylic acids is 1. The number of carboxylic acid groups (broad SMARTS) is 1. The highest BCUT2D eigenvalue weighted by molar-refractivity contribution is 6.22. The highest BCUT2D eigenvalue weighted by Crippen LogP contribution is 2.24. The molecule has 0 radical (unpaired) electrons. The Balaban J connectivity index is 0.000000230. The number of nitrogens with one attached hydrogen (secondary N) is 1. The van der Waals surface area contributed by atoms with Crippen molar-refractivity contribution in [1.29, 1.82) is 0 Å². The normalized spacial score (nSPS) is 13.3. The van der Waals surface area contributed by atoms with Crippen molar-refractivity contribution in [3.8, 4) is 0 Å². The molecule has 0 saturated heterocycles. The number of aliphatic carboxylic acids is 1. The fourth-order valence-electron chi connectivity index (χ4n) is 5.35. The quantitative estimate of drug-likeness (QED) is 0.166. The minimum atomic E-state index is -0.864. The minimum Gasteiger partial charge on any atom is -0.481 e. The fourth-order valence-corrected chi connectivity index (χ4v) is 5.35. The lowest BCUT2D eigenvalue weighted by Crippen LogP contribution is -2.30. The number of anilines is 1. The average Bonchev–Trinajstić information content (AvgIpc) is 3.45. The summed E-state index contributed by atoms with van der Waals surface area (Å²) in [5, 5.41) is 11.4. The van der Waals surface area contributed by atoms with Crippen LogP contribution in [-0.2, 0) is 16.0 Å². The summed E-state index contributed by atoms with van der Waals surface area (Å²) in [5.41, 5.74) is 3.87. The summed E-state index contributed by atoms with van der Waals surface area (Å²) in [6, 6.07) is 21.5. The molecule has 0 aliphatic carbocycles. The number of benzene rings is 3. The van der Waals surface area contributed by atoms with Gasteiger partial charge in [-0.3, -0.25) is 38.6 Å². The summed E-state index contributed by atoms with van der Waals surface area (Å²) in [6.45, 7) is 2.79. The largest absolute Gasteiger partial charge is 0.481 e. The number of imide groups is 2. The number of unbranched alkanes of at least 4 members (excludes halogenated alkanes) is 3. The van der Waals surface area contributed by atoms with Gasteiger partial charge in [-0.2, -0.15) is 0 Å². The highest BCUT2D eigenvalue weighted by Gasteiger charge is 2.35. The molecule has 3 aromatic rings. The molecule has 5 rings (SSSR count). The van der Waals surface area contributed by atoms with E-state index < -0.39 is 5.97 Å². The topological polar surface area (TPSA) is 141 Å². The van der Waals surface area contributed by atoms with Crippen LogP contribution in [0.25, 0.3) is 0 Å². The van der Waals surface area contributed by atoms with Gasteiger partial charge in [0.05, 0.1) is 22.3 Å². The molecule has 3 aromatic carbocycles. The maximum absolute atomic E-state index is 12.3. The molecule has 0 spiro atoms. The molecule has 0 atom stereocenters. The van der Waals surface area contributed by atoms with Gasteiger partial charge in [-0.05, 0) is 80.5 Å². The molecule has 0 saturated carbocycles. The summed E-state index contributed by atoms with van der Waals surface area (Å²) in [6.07, 6.45) is 6.01. The van der Waals surface area contributed by atoms with Gasteiger partial charge < -0.3 is 10.4 Å². The minimum absolute atomic E-state index is 0.0522. The van der Waals surface area contributed by atoms with Crippen LogP contribution in [0, 0.1) is 0 Å². The zero-order valence-electron chi connectivity index (χ0n) is 26.0. The second-order valence-electron chi connectivity index (χ2n) is 11.3. The Hall–Kier alpha value is -5.12. The molecule has 5 amide bonds. The number of rotatable bonds is 14. The van der Waals surface area contributed by atoms with Gasteiger partial charge in [0, 0.05) is 31.6 Å². The molecule has 2 heterocycles. The van der Waals surface area contributed by atoms with E-state index in [4.69, 9.17) is 5.11 Å². The van der Waals surface area contributed by atoms with E-state index in [0.29, 0.717) is 60.9 Å². The first-order valence-corrected chi connectivity index (χ1v) is 15.7. The van der Waals surface area contributed by atoms with Gasteiger partial charge in [0.2, 0.25) is 5.91 Å². The van der Waals surface area contributed by atoms with E-state index in [-0.39, 0.29) is 42.5 Å². The SMILES string of the molecule is CCCCc1ccc(NC(=O)CCCCN2C(=O)c3ccccc3C2=O)cc1.O=C(O)CCCCN1C(=O)c2ccccc2C1=O. The number of aryl methyl sites for hydroxylation is 1. The maximum atomic E-state index is 12.3. The summed E-state index contributed by atoms with van der Waals surface area (Å²) < 4.78 is 0. The molecule has 10 nitrogen and oxygen atoms in total. The molecule has 240 valence electrons. The predicted octanol–water partition coefficient (Wildman–Crippen LogP) is 5.97. The predicted molar refractivity (Wildman–Crippen MR) is 173 cm³/mol. The van der Waals surface area contributed by atoms with Gasteiger partial charge in [0.25, 0.3) is 23.6 Å². The van der Waals surface area contributed by atoms with Crippen LogP contribution in [0.3, 0.4) is 0 Å². The number of nitrogens with zero attached hydrogens (tertiary/aromatic N) is 2. The number of hydrogen-bond donors (Lipinski definition) is 2. The van der Waals surface area contributed by atoms with E-state index in [2.05, 4.69) is 12.2 Å². The van der Waals surface area contributed by atoms with E-state index in [1.54, 1.807) is 48.5 Å². The van der Waals surface area contributed by atoms with Crippen molar-refractivity contribution in [3.05, 3.63) is 101 Å². The summed E-state index contributed by atoms with van der Waals surface area (Å²) in [7, 11) is 0. The lowest BCUT2D eigenvalue weighted by atomic mass is 10.1. The van der Waals surface area contributed by atoms with Gasteiger partial charge in [-0.25, -0.2) is 0 Å². The van der Waals surface area contributed by atoms with Gasteiger partial charge in [0.15, 0.2) is 0 Å². The summed E-state index contributed by atoms with van der Waals surface area (Å²) in [5.74, 6) is -1.97. The Bertz CT molecular complexity index is 1530. The second kappa shape index (κ2) is 16.3. The molecule has 2 N–H and O–H groups in total. The Morgan fingerprint density at radius 3 is 1.46 bits per heavy atom. The Morgan fingerprint density at radius 1 is 0.609 bits per heavy atom. The smallest absolute Gasteiger partial charge is 0.303 e. The third kappa shape index (κ3) is 8.53. The van der Waals surface area contributed by atoms with Crippen molar-refractivity contribution in [2.75, 3.05) is 18.4 Å². The van der Waals surface area contributed by atoms with Crippen LogP contribution in [0.1, 0.15) is 105 Å². The van der Waals surface area contributed by atoms with Gasteiger partial charge in [0.1, 0.15) is 0 Å². The van der Waals surface area contributed by atoms with E-state index in [0.717, 1.165) is 12.1 Å². The van der Waals surface area contributed by atoms with Crippen LogP contribution in [0.4, 0.5) is 5.69 Å². The molecule has 0 bridgehead atoms. The number of amides is 5. The monoisotopic (exact) mass is 625 g/mol. The van der Waals surface area contributed by atoms with E-state index in [1.807, 2.05) is 24.3 Å². The van der Waals surface area contributed by atoms with E-state index >= 15 is 0 Å². The van der Waals surface area contributed by atoms with Crippen LogP contribution in [0.2, 0.25) is 0 Å². The molecule has 46 heavy (non-hydrogen) atoms. The van der Waals surface area contributed by atoms with Crippen molar-refractivity contribution < 1.29 is 33.9 Å². The molecule has 2 aliphatic rings. The molecule has 0 aromatic heterocycles. The number of carbonyl (C=O) groups is 6. The van der Waals surface area contributed by atoms with Gasteiger partial charge in [-0.15, -0.1) is 0 Å². The fraction of sp³-hybridized carbons (Fsp3) is 0.333. The van der Waals surface area contributed by atoms with Crippen molar-refractivity contribution in [2.45, 2.75) is 64.7 Å². The molecular formula is C36H39N3O7. The van der Waals surface area contributed by atoms with Crippen molar-refractivity contribution in [2.24, 2.45) is 0 Å². The first-order chi connectivity index (χ1) is 22.2. The van der Waals surface area contributed by atoms with Crippen LogP contribution < -0.4 is 5.32 Å². The van der Waals surface area contributed by atoms with Crippen molar-refractivity contribution >= 4 is 41.2 Å². The standard InChI is InChI=1S/C23H26N2O3.C13H13NO4/c1-2-3-8-17-12-14-18(15-13-17)24-21(26)11-6-7-16-25-22(27)19-9-4-5-10-20(19)23(25)28;15-11(16)7-3-4-8-14-12(17)9-5-1-2-6-10(9)13(14)18/h4-5,9-10,12-15H,2-3,6-8,11,16H2,1H3,(H,24,26);1-2,5-6H,3-4,7-8H2,(H,15,16). The van der Waals surface area contributed by atoms with E-state index in [1.165, 1.54) is 28.2 Å². The molecule has 10 heteroatoms. The van der Waals surface area contributed by atoms with Gasteiger partial charge in [-0.1, -0.05) is 49.7 Å². The molecule has 0 fully saturated rings. The first-order valence-electron chi connectivity index (χ1n) is 15.7. The average molecular weight is 626 g/mol. The maximum Gasteiger partial charge on any atom is 0.303 e. The van der Waals surface area contributed by atoms with Crippen molar-refractivity contribution in [3.63, 3.8) is 0 Å². The lowest BCUT2D eigenvalue weighted by molar-refractivity contribution is -0.137. The summed E-state index contributed by atoms with van der Waals surface area (Å²) in [4.78, 5) is 73.4.